The Bertz CT molecular complexity index is 1350. The molecule has 10 nitrogen and oxygen atoms in total. The van der Waals surface area contributed by atoms with Gasteiger partial charge in [0.25, 0.3) is 5.56 Å². The third-order valence-electron chi connectivity index (χ3n) is 5.20. The summed E-state index contributed by atoms with van der Waals surface area (Å²) in [6, 6.07) is 6.01. The molecule has 0 unspecified atom stereocenters. The molecule has 156 valence electrons. The lowest BCUT2D eigenvalue weighted by Crippen LogP contribution is -2.39. The lowest BCUT2D eigenvalue weighted by molar-refractivity contribution is 0.594. The first-order valence-electron chi connectivity index (χ1n) is 9.48. The van der Waals surface area contributed by atoms with Gasteiger partial charge in [-0.05, 0) is 47.9 Å². The predicted molar refractivity (Wildman–Crippen MR) is 114 cm³/mol. The van der Waals surface area contributed by atoms with Crippen LogP contribution in [0.2, 0.25) is 0 Å². The fourth-order valence-electron chi connectivity index (χ4n) is 3.36. The van der Waals surface area contributed by atoms with Gasteiger partial charge in [-0.2, -0.15) is 4.68 Å². The summed E-state index contributed by atoms with van der Waals surface area (Å²) in [4.78, 5) is 29.5. The van der Waals surface area contributed by atoms with E-state index >= 15 is 0 Å². The summed E-state index contributed by atoms with van der Waals surface area (Å²) >= 11 is 1.49. The summed E-state index contributed by atoms with van der Waals surface area (Å²) in [5.74, 6) is 0.657. The maximum atomic E-state index is 12.8. The summed E-state index contributed by atoms with van der Waals surface area (Å²) in [5, 5.41) is 12.7. The van der Waals surface area contributed by atoms with Crippen molar-refractivity contribution in [1.82, 2.24) is 38.9 Å². The van der Waals surface area contributed by atoms with Crippen LogP contribution in [0.5, 0.6) is 0 Å². The molecule has 0 N–H and O–H groups in total. The second-order valence-corrected chi connectivity index (χ2v) is 8.18. The number of aromatic nitrogens is 8. The van der Waals surface area contributed by atoms with Gasteiger partial charge >= 0.3 is 5.69 Å². The zero-order chi connectivity index (χ0) is 21.4. The van der Waals surface area contributed by atoms with Crippen molar-refractivity contribution in [2.24, 2.45) is 14.1 Å². The molecule has 0 aliphatic heterocycles. The fraction of sp³-hybridized carbons (Fsp3) is 0.368. The Hall–Kier alpha value is -3.21. The van der Waals surface area contributed by atoms with Gasteiger partial charge in [-0.15, -0.1) is 5.10 Å². The van der Waals surface area contributed by atoms with Crippen molar-refractivity contribution in [3.8, 4) is 5.69 Å². The van der Waals surface area contributed by atoms with Gasteiger partial charge in [0.2, 0.25) is 5.16 Å². The van der Waals surface area contributed by atoms with Crippen LogP contribution >= 0.6 is 11.8 Å². The van der Waals surface area contributed by atoms with Gasteiger partial charge in [0.15, 0.2) is 11.2 Å². The maximum Gasteiger partial charge on any atom is 0.332 e. The van der Waals surface area contributed by atoms with Crippen LogP contribution < -0.4 is 11.2 Å². The predicted octanol–water partition coefficient (Wildman–Crippen LogP) is 1.21. The highest BCUT2D eigenvalue weighted by Gasteiger charge is 2.15. The third-order valence-corrected chi connectivity index (χ3v) is 6.21. The topological polar surface area (TPSA) is 105 Å². The lowest BCUT2D eigenvalue weighted by atomic mass is 10.1. The van der Waals surface area contributed by atoms with E-state index in [1.807, 2.05) is 32.0 Å². The summed E-state index contributed by atoms with van der Waals surface area (Å²) in [6.45, 7) is 4.40. The number of aryl methyl sites for hydroxylation is 3. The van der Waals surface area contributed by atoms with E-state index in [1.54, 1.807) is 29.7 Å². The maximum absolute atomic E-state index is 12.8. The first-order valence-corrected chi connectivity index (χ1v) is 10.5. The van der Waals surface area contributed by atoms with Crippen molar-refractivity contribution in [1.29, 1.82) is 0 Å². The molecule has 3 aromatic heterocycles. The smallest absolute Gasteiger partial charge is 0.328 e. The van der Waals surface area contributed by atoms with Crippen molar-refractivity contribution < 1.29 is 0 Å². The standard InChI is InChI=1S/C19H22N8O2S/c1-12-7-5-8-14(13(12)2)27-18(21-22-23-27)30-10-6-9-26-17(28)15-16(20-11-24(15)3)25(4)19(26)29/h5,7-8,11H,6,9-10H2,1-4H3. The molecule has 0 bridgehead atoms. The van der Waals surface area contributed by atoms with E-state index in [4.69, 9.17) is 0 Å². The molecule has 0 amide bonds. The molecular formula is C19H22N8O2S. The van der Waals surface area contributed by atoms with Gasteiger partial charge in [-0.1, -0.05) is 23.9 Å². The minimum Gasteiger partial charge on any atom is -0.328 e. The highest BCUT2D eigenvalue weighted by molar-refractivity contribution is 7.99. The average molecular weight is 427 g/mol. The van der Waals surface area contributed by atoms with Crippen molar-refractivity contribution in [3.63, 3.8) is 0 Å². The Morgan fingerprint density at radius 3 is 2.73 bits per heavy atom. The first-order chi connectivity index (χ1) is 14.4. The molecule has 4 aromatic rings. The fourth-order valence-corrected chi connectivity index (χ4v) is 4.17. The molecule has 11 heteroatoms. The Kier molecular flexibility index (Phi) is 5.29. The number of benzene rings is 1. The largest absolute Gasteiger partial charge is 0.332 e. The monoisotopic (exact) mass is 426 g/mol. The molecule has 0 aliphatic carbocycles. The quantitative estimate of drug-likeness (QED) is 0.337. The molecule has 0 spiro atoms. The SMILES string of the molecule is Cc1cccc(-n2nnnc2SCCCn2c(=O)c3c(ncn3C)n(C)c2=O)c1C. The minimum atomic E-state index is -0.364. The van der Waals surface area contributed by atoms with Crippen LogP contribution in [-0.4, -0.2) is 44.6 Å². The van der Waals surface area contributed by atoms with Crippen LogP contribution in [-0.2, 0) is 20.6 Å². The number of imidazole rings is 1. The van der Waals surface area contributed by atoms with Crippen molar-refractivity contribution >= 4 is 22.9 Å². The summed E-state index contributed by atoms with van der Waals surface area (Å²) in [5.41, 5.74) is 3.35. The van der Waals surface area contributed by atoms with E-state index in [0.717, 1.165) is 11.3 Å². The van der Waals surface area contributed by atoms with E-state index in [9.17, 15) is 9.59 Å². The number of rotatable bonds is 6. The number of nitrogens with zero attached hydrogens (tertiary/aromatic N) is 8. The summed E-state index contributed by atoms with van der Waals surface area (Å²) in [7, 11) is 3.37. The number of tetrazole rings is 1. The van der Waals surface area contributed by atoms with E-state index < -0.39 is 0 Å². The molecule has 0 atom stereocenters. The molecule has 3 heterocycles. The lowest BCUT2D eigenvalue weighted by Gasteiger charge is -2.10. The second-order valence-electron chi connectivity index (χ2n) is 7.12. The Labute approximate surface area is 176 Å². The van der Waals surface area contributed by atoms with Gasteiger partial charge in [0.05, 0.1) is 12.0 Å². The molecule has 4 rings (SSSR count). The number of fused-ring (bicyclic) bond motifs is 1. The molecular weight excluding hydrogens is 404 g/mol. The molecule has 0 aliphatic rings. The zero-order valence-corrected chi connectivity index (χ0v) is 18.0. The van der Waals surface area contributed by atoms with Crippen LogP contribution in [0.25, 0.3) is 16.9 Å². The van der Waals surface area contributed by atoms with E-state index in [2.05, 4.69) is 20.5 Å². The van der Waals surface area contributed by atoms with Crippen LogP contribution in [0.15, 0.2) is 39.3 Å². The Balaban J connectivity index is 1.51. The highest BCUT2D eigenvalue weighted by atomic mass is 32.2. The van der Waals surface area contributed by atoms with Gasteiger partial charge in [-0.25, -0.2) is 9.78 Å². The van der Waals surface area contributed by atoms with Crippen LogP contribution in [0.1, 0.15) is 17.5 Å². The summed E-state index contributed by atoms with van der Waals surface area (Å²) in [6.07, 6.45) is 2.15. The number of thioether (sulfide) groups is 1. The molecule has 0 saturated carbocycles. The zero-order valence-electron chi connectivity index (χ0n) is 17.2. The highest BCUT2D eigenvalue weighted by Crippen LogP contribution is 2.22. The van der Waals surface area contributed by atoms with E-state index in [1.165, 1.54) is 26.5 Å². The number of hydrogen-bond donors (Lipinski definition) is 0. The normalized spacial score (nSPS) is 11.5. The van der Waals surface area contributed by atoms with Crippen molar-refractivity contribution in [2.45, 2.75) is 32.0 Å². The Morgan fingerprint density at radius 1 is 1.13 bits per heavy atom. The molecule has 0 radical (unpaired) electrons. The second kappa shape index (κ2) is 7.90. The van der Waals surface area contributed by atoms with Crippen LogP contribution in [0, 0.1) is 13.8 Å². The van der Waals surface area contributed by atoms with Crippen molar-refractivity contribution in [2.75, 3.05) is 5.75 Å². The van der Waals surface area contributed by atoms with Crippen LogP contribution in [0.3, 0.4) is 0 Å². The van der Waals surface area contributed by atoms with Gasteiger partial charge < -0.3 is 4.57 Å². The number of hydrogen-bond acceptors (Lipinski definition) is 7. The van der Waals surface area contributed by atoms with Crippen molar-refractivity contribution in [3.05, 3.63) is 56.5 Å². The van der Waals surface area contributed by atoms with E-state index in [0.29, 0.717) is 35.0 Å². The third kappa shape index (κ3) is 3.34. The molecule has 30 heavy (non-hydrogen) atoms. The molecule has 0 saturated heterocycles. The Morgan fingerprint density at radius 2 is 1.93 bits per heavy atom. The van der Waals surface area contributed by atoms with Gasteiger partial charge in [0, 0.05) is 26.4 Å². The average Bonchev–Trinajstić information content (AvgIpc) is 3.34. The van der Waals surface area contributed by atoms with E-state index in [-0.39, 0.29) is 11.2 Å². The molecule has 1 aromatic carbocycles. The molecule has 0 fully saturated rings. The van der Waals surface area contributed by atoms with Gasteiger partial charge in [-0.3, -0.25) is 13.9 Å². The van der Waals surface area contributed by atoms with Crippen LogP contribution in [0.4, 0.5) is 0 Å². The first kappa shape index (κ1) is 20.1. The minimum absolute atomic E-state index is 0.310. The summed E-state index contributed by atoms with van der Waals surface area (Å²) < 4.78 is 6.03. The van der Waals surface area contributed by atoms with Gasteiger partial charge in [0.1, 0.15) is 0 Å².